The summed E-state index contributed by atoms with van der Waals surface area (Å²) in [7, 11) is 1.68. The first kappa shape index (κ1) is 12.8. The van der Waals surface area contributed by atoms with E-state index in [-0.39, 0.29) is 0 Å². The Morgan fingerprint density at radius 1 is 1.68 bits per heavy atom. The van der Waals surface area contributed by atoms with Crippen LogP contribution in [0.1, 0.15) is 18.1 Å². The molecule has 0 aliphatic carbocycles. The van der Waals surface area contributed by atoms with Crippen LogP contribution in [0.2, 0.25) is 0 Å². The molecule has 0 aliphatic heterocycles. The molecule has 2 heterocycles. The third-order valence-electron chi connectivity index (χ3n) is 2.65. The molecule has 96 valence electrons. The minimum atomic E-state index is 0.503. The minimum absolute atomic E-state index is 0.503. The number of pyridine rings is 1. The maximum Gasteiger partial charge on any atom is 0.138 e. The standard InChI is InChI=1S/C14H14N4O/c1-4-19-12-5-13(10(2)7-16-3)14-11(6-15)8-17-18(14)9-12/h5,7-9H,2,4H2,1,3H3. The first-order valence-corrected chi connectivity index (χ1v) is 5.87. The van der Waals surface area contributed by atoms with Crippen molar-refractivity contribution in [3.8, 4) is 11.8 Å². The molecule has 2 aromatic rings. The average molecular weight is 254 g/mol. The molecule has 0 aromatic carbocycles. The Hall–Kier alpha value is -2.61. The fourth-order valence-electron chi connectivity index (χ4n) is 1.89. The van der Waals surface area contributed by atoms with Crippen molar-refractivity contribution in [2.24, 2.45) is 4.99 Å². The Kier molecular flexibility index (Phi) is 3.62. The number of hydrogen-bond donors (Lipinski definition) is 0. The van der Waals surface area contributed by atoms with Gasteiger partial charge in [0.05, 0.1) is 30.1 Å². The Morgan fingerprint density at radius 2 is 2.47 bits per heavy atom. The van der Waals surface area contributed by atoms with Crippen molar-refractivity contribution in [1.29, 1.82) is 5.26 Å². The molecule has 0 amide bonds. The summed E-state index contributed by atoms with van der Waals surface area (Å²) in [6.45, 7) is 6.44. The van der Waals surface area contributed by atoms with E-state index in [1.165, 1.54) is 6.20 Å². The van der Waals surface area contributed by atoms with E-state index in [0.29, 0.717) is 23.5 Å². The Bertz CT molecular complexity index is 691. The van der Waals surface area contributed by atoms with E-state index in [9.17, 15) is 0 Å². The van der Waals surface area contributed by atoms with E-state index in [2.05, 4.69) is 22.7 Å². The lowest BCUT2D eigenvalue weighted by Gasteiger charge is -2.09. The number of hydrogen-bond acceptors (Lipinski definition) is 4. The summed E-state index contributed by atoms with van der Waals surface area (Å²) >= 11 is 0. The van der Waals surface area contributed by atoms with Gasteiger partial charge in [-0.1, -0.05) is 6.58 Å². The van der Waals surface area contributed by atoms with Crippen LogP contribution in [-0.2, 0) is 0 Å². The molecule has 0 atom stereocenters. The zero-order chi connectivity index (χ0) is 13.8. The molecule has 0 aliphatic rings. The third kappa shape index (κ3) is 2.33. The summed E-state index contributed by atoms with van der Waals surface area (Å²) < 4.78 is 7.13. The summed E-state index contributed by atoms with van der Waals surface area (Å²) in [6, 6.07) is 3.98. The highest BCUT2D eigenvalue weighted by Crippen LogP contribution is 2.26. The quantitative estimate of drug-likeness (QED) is 0.786. The fraction of sp³-hybridized carbons (Fsp3) is 0.214. The smallest absolute Gasteiger partial charge is 0.138 e. The summed E-state index contributed by atoms with van der Waals surface area (Å²) in [5.74, 6) is 0.684. The van der Waals surface area contributed by atoms with Crippen molar-refractivity contribution in [2.75, 3.05) is 13.7 Å². The molecule has 2 aromatic heterocycles. The van der Waals surface area contributed by atoms with Crippen LogP contribution in [0.3, 0.4) is 0 Å². The fourth-order valence-corrected chi connectivity index (χ4v) is 1.89. The van der Waals surface area contributed by atoms with Crippen molar-refractivity contribution < 1.29 is 4.74 Å². The second-order valence-electron chi connectivity index (χ2n) is 3.90. The van der Waals surface area contributed by atoms with Crippen LogP contribution in [0.25, 0.3) is 11.1 Å². The van der Waals surface area contributed by atoms with E-state index in [1.807, 2.05) is 13.0 Å². The minimum Gasteiger partial charge on any atom is -0.492 e. The second kappa shape index (κ2) is 5.36. The molecule has 0 radical (unpaired) electrons. The molecule has 0 N–H and O–H groups in total. The number of ether oxygens (including phenoxy) is 1. The van der Waals surface area contributed by atoms with E-state index in [1.54, 1.807) is 24.0 Å². The molecule has 5 heteroatoms. The Morgan fingerprint density at radius 3 is 3.11 bits per heavy atom. The topological polar surface area (TPSA) is 62.7 Å². The molecular formula is C14H14N4O. The van der Waals surface area contributed by atoms with E-state index in [4.69, 9.17) is 10.00 Å². The summed E-state index contributed by atoms with van der Waals surface area (Å²) in [6.07, 6.45) is 4.93. The highest BCUT2D eigenvalue weighted by molar-refractivity contribution is 6.12. The second-order valence-corrected chi connectivity index (χ2v) is 3.90. The summed E-state index contributed by atoms with van der Waals surface area (Å²) in [4.78, 5) is 3.96. The number of rotatable bonds is 4. The van der Waals surface area contributed by atoms with E-state index in [0.717, 1.165) is 11.1 Å². The number of fused-ring (bicyclic) bond motifs is 1. The van der Waals surface area contributed by atoms with Gasteiger partial charge in [-0.15, -0.1) is 0 Å². The third-order valence-corrected chi connectivity index (χ3v) is 2.65. The van der Waals surface area contributed by atoms with Gasteiger partial charge in [0.1, 0.15) is 11.8 Å². The zero-order valence-electron chi connectivity index (χ0n) is 10.9. The van der Waals surface area contributed by atoms with Crippen LogP contribution in [0.15, 0.2) is 30.0 Å². The predicted octanol–water partition coefficient (Wildman–Crippen LogP) is 2.32. The highest BCUT2D eigenvalue weighted by Gasteiger charge is 2.12. The number of nitrogens with zero attached hydrogens (tertiary/aromatic N) is 4. The average Bonchev–Trinajstić information content (AvgIpc) is 2.81. The van der Waals surface area contributed by atoms with Gasteiger partial charge < -0.3 is 4.74 Å². The highest BCUT2D eigenvalue weighted by atomic mass is 16.5. The van der Waals surface area contributed by atoms with Crippen molar-refractivity contribution in [3.05, 3.63) is 36.2 Å². The van der Waals surface area contributed by atoms with Crippen molar-refractivity contribution in [3.63, 3.8) is 0 Å². The van der Waals surface area contributed by atoms with Gasteiger partial charge in [-0.05, 0) is 18.6 Å². The largest absolute Gasteiger partial charge is 0.492 e. The van der Waals surface area contributed by atoms with Crippen molar-refractivity contribution >= 4 is 17.3 Å². The van der Waals surface area contributed by atoms with Crippen molar-refractivity contribution in [2.45, 2.75) is 6.92 Å². The molecule has 0 saturated heterocycles. The summed E-state index contributed by atoms with van der Waals surface area (Å²) in [5, 5.41) is 13.3. The number of aliphatic imine (C=N–C) groups is 1. The molecular weight excluding hydrogens is 240 g/mol. The lowest BCUT2D eigenvalue weighted by Crippen LogP contribution is -1.99. The van der Waals surface area contributed by atoms with Crippen LogP contribution in [0.5, 0.6) is 5.75 Å². The normalized spacial score (nSPS) is 10.8. The first-order valence-electron chi connectivity index (χ1n) is 5.87. The lowest BCUT2D eigenvalue weighted by molar-refractivity contribution is 0.338. The number of aromatic nitrogens is 2. The zero-order valence-corrected chi connectivity index (χ0v) is 10.9. The van der Waals surface area contributed by atoms with Crippen LogP contribution in [0.4, 0.5) is 0 Å². The maximum atomic E-state index is 9.14. The maximum absolute atomic E-state index is 9.14. The lowest BCUT2D eigenvalue weighted by atomic mass is 10.1. The van der Waals surface area contributed by atoms with Gasteiger partial charge in [-0.3, -0.25) is 4.99 Å². The first-order chi connectivity index (χ1) is 9.21. The van der Waals surface area contributed by atoms with E-state index < -0.39 is 0 Å². The van der Waals surface area contributed by atoms with Gasteiger partial charge in [0.15, 0.2) is 0 Å². The molecule has 0 unspecified atom stereocenters. The van der Waals surface area contributed by atoms with Gasteiger partial charge in [-0.25, -0.2) is 4.52 Å². The number of allylic oxidation sites excluding steroid dienone is 1. The molecule has 0 bridgehead atoms. The van der Waals surface area contributed by atoms with Gasteiger partial charge in [-0.2, -0.15) is 10.4 Å². The SMILES string of the molecule is C=C(C=NC)c1cc(OCC)cn2ncc(C#N)c12. The Balaban J connectivity index is 2.72. The molecule has 0 saturated carbocycles. The van der Waals surface area contributed by atoms with Crippen LogP contribution < -0.4 is 4.74 Å². The molecule has 0 spiro atoms. The Labute approximate surface area is 111 Å². The molecule has 19 heavy (non-hydrogen) atoms. The van der Waals surface area contributed by atoms with Gasteiger partial charge in [0.25, 0.3) is 0 Å². The van der Waals surface area contributed by atoms with Crippen LogP contribution >= 0.6 is 0 Å². The van der Waals surface area contributed by atoms with Crippen LogP contribution in [0, 0.1) is 11.3 Å². The predicted molar refractivity (Wildman–Crippen MR) is 74.5 cm³/mol. The van der Waals surface area contributed by atoms with Gasteiger partial charge >= 0.3 is 0 Å². The van der Waals surface area contributed by atoms with Gasteiger partial charge in [0, 0.05) is 18.8 Å². The molecule has 2 rings (SSSR count). The summed E-state index contributed by atoms with van der Waals surface area (Å²) in [5.41, 5.74) is 2.73. The monoisotopic (exact) mass is 254 g/mol. The molecule has 5 nitrogen and oxygen atoms in total. The van der Waals surface area contributed by atoms with Crippen molar-refractivity contribution in [1.82, 2.24) is 9.61 Å². The van der Waals surface area contributed by atoms with E-state index >= 15 is 0 Å². The van der Waals surface area contributed by atoms with Crippen LogP contribution in [-0.4, -0.2) is 29.5 Å². The number of nitriles is 1. The molecule has 0 fully saturated rings. The van der Waals surface area contributed by atoms with Gasteiger partial charge in [0.2, 0.25) is 0 Å².